The minimum Gasteiger partial charge on any atom is -0.465 e. The van der Waals surface area contributed by atoms with Crippen molar-refractivity contribution in [1.82, 2.24) is 19.4 Å². The van der Waals surface area contributed by atoms with Gasteiger partial charge in [-0.05, 0) is 63.3 Å². The van der Waals surface area contributed by atoms with Crippen LogP contribution in [0.1, 0.15) is 45.6 Å². The summed E-state index contributed by atoms with van der Waals surface area (Å²) in [6.45, 7) is 14.0. The third-order valence-corrected chi connectivity index (χ3v) is 8.37. The molecule has 1 atom stereocenters. The van der Waals surface area contributed by atoms with Crippen LogP contribution >= 0.6 is 0 Å². The lowest BCUT2D eigenvalue weighted by atomic mass is 9.86. The number of hydrogen-bond donors (Lipinski definition) is 1. The zero-order valence-corrected chi connectivity index (χ0v) is 23.2. The number of pyridine rings is 1. The first-order chi connectivity index (χ1) is 17.0. The van der Waals surface area contributed by atoms with Crippen LogP contribution in [0, 0.1) is 0 Å². The second kappa shape index (κ2) is 10.2. The predicted molar refractivity (Wildman–Crippen MR) is 145 cm³/mol. The minimum atomic E-state index is -1.18. The van der Waals surface area contributed by atoms with Crippen molar-refractivity contribution >= 4 is 30.8 Å². The van der Waals surface area contributed by atoms with Crippen molar-refractivity contribution in [3.05, 3.63) is 42.7 Å². The third kappa shape index (κ3) is 5.73. The highest BCUT2D eigenvalue weighted by Crippen LogP contribution is 2.39. The molecule has 1 N–H and O–H groups in total. The normalized spacial score (nSPS) is 16.8. The molecule has 4 rings (SSSR count). The predicted octanol–water partition coefficient (Wildman–Crippen LogP) is 6.72. The van der Waals surface area contributed by atoms with E-state index in [0.29, 0.717) is 18.9 Å². The number of allylic oxidation sites excluding steroid dienone is 1. The Morgan fingerprint density at radius 1 is 1.31 bits per heavy atom. The van der Waals surface area contributed by atoms with E-state index in [9.17, 15) is 9.90 Å². The monoisotopic (exact) mass is 510 g/mol. The quantitative estimate of drug-likeness (QED) is 0.267. The molecule has 8 nitrogen and oxygen atoms in total. The number of amides is 1. The number of aromatic nitrogens is 3. The maximum absolute atomic E-state index is 12.2. The maximum Gasteiger partial charge on any atom is 0.407 e. The Labute approximate surface area is 214 Å². The molecule has 36 heavy (non-hydrogen) atoms. The van der Waals surface area contributed by atoms with Crippen LogP contribution in [0.25, 0.3) is 27.9 Å². The summed E-state index contributed by atoms with van der Waals surface area (Å²) >= 11 is 0. The maximum atomic E-state index is 12.2. The molecular weight excluding hydrogens is 472 g/mol. The lowest BCUT2D eigenvalue weighted by Gasteiger charge is -2.41. The van der Waals surface area contributed by atoms with Gasteiger partial charge >= 0.3 is 6.09 Å². The van der Waals surface area contributed by atoms with Gasteiger partial charge in [-0.3, -0.25) is 0 Å². The summed E-state index contributed by atoms with van der Waals surface area (Å²) in [4.78, 5) is 22.6. The van der Waals surface area contributed by atoms with E-state index in [2.05, 4.69) is 30.7 Å². The van der Waals surface area contributed by atoms with Crippen LogP contribution < -0.4 is 0 Å². The van der Waals surface area contributed by atoms with E-state index >= 15 is 0 Å². The van der Waals surface area contributed by atoms with Crippen molar-refractivity contribution in [2.45, 2.75) is 84.0 Å². The fourth-order valence-corrected chi connectivity index (χ4v) is 5.74. The van der Waals surface area contributed by atoms with Gasteiger partial charge in [0.2, 0.25) is 0 Å². The van der Waals surface area contributed by atoms with Gasteiger partial charge < -0.3 is 23.7 Å². The lowest BCUT2D eigenvalue weighted by Crippen LogP contribution is -2.51. The number of carboxylic acid groups (broad SMARTS) is 1. The molecule has 3 aromatic rings. The van der Waals surface area contributed by atoms with E-state index in [1.165, 1.54) is 6.39 Å². The number of ether oxygens (including phenoxy) is 1. The molecule has 0 radical (unpaired) electrons. The molecule has 0 saturated carbocycles. The van der Waals surface area contributed by atoms with E-state index < -0.39 is 19.7 Å². The van der Waals surface area contributed by atoms with Gasteiger partial charge in [-0.1, -0.05) is 25.7 Å². The van der Waals surface area contributed by atoms with Crippen LogP contribution in [-0.4, -0.2) is 56.9 Å². The Hall–Kier alpha value is -2.91. The van der Waals surface area contributed by atoms with Crippen molar-refractivity contribution in [1.29, 1.82) is 0 Å². The van der Waals surface area contributed by atoms with E-state index in [1.807, 2.05) is 43.8 Å². The van der Waals surface area contributed by atoms with Gasteiger partial charge in [-0.2, -0.15) is 0 Å². The summed E-state index contributed by atoms with van der Waals surface area (Å²) in [5.74, 6) is 0.671. The summed E-state index contributed by atoms with van der Waals surface area (Å²) < 4.78 is 13.8. The van der Waals surface area contributed by atoms with Crippen LogP contribution in [0.4, 0.5) is 4.79 Å². The molecule has 0 aromatic carbocycles. The number of nitrogens with zero attached hydrogens (tertiary/aromatic N) is 4. The Balaban J connectivity index is 1.71. The molecule has 0 spiro atoms. The van der Waals surface area contributed by atoms with Crippen LogP contribution in [-0.2, 0) is 11.5 Å². The molecule has 194 valence electrons. The number of hydrogen-bond acceptors (Lipinski definition) is 5. The number of rotatable bonds is 8. The summed E-state index contributed by atoms with van der Waals surface area (Å²) in [5, 5.41) is 11.0. The fourth-order valence-electron chi connectivity index (χ4n) is 4.98. The minimum absolute atomic E-state index is 0.0913. The first kappa shape index (κ1) is 26.2. The average molecular weight is 511 g/mol. The molecule has 1 unspecified atom stereocenters. The Morgan fingerprint density at radius 3 is 2.72 bits per heavy atom. The number of carbonyl (C=O) groups is 1. The molecule has 0 saturated heterocycles. The van der Waals surface area contributed by atoms with E-state index in [1.54, 1.807) is 11.1 Å². The molecular formula is C27H38N4O4Si. The van der Waals surface area contributed by atoms with Gasteiger partial charge in [0.25, 0.3) is 0 Å². The Bertz CT molecular complexity index is 1240. The van der Waals surface area contributed by atoms with E-state index in [-0.39, 0.29) is 6.04 Å². The first-order valence-electron chi connectivity index (χ1n) is 12.6. The Kier molecular flexibility index (Phi) is 7.42. The first-order valence-corrected chi connectivity index (χ1v) is 16.3. The van der Waals surface area contributed by atoms with Gasteiger partial charge in [0, 0.05) is 49.6 Å². The fraction of sp³-hybridized carbons (Fsp3) is 0.519. The van der Waals surface area contributed by atoms with Crippen molar-refractivity contribution in [3.8, 4) is 11.3 Å². The van der Waals surface area contributed by atoms with Crippen LogP contribution in [0.5, 0.6) is 0 Å². The summed E-state index contributed by atoms with van der Waals surface area (Å²) in [6.07, 6.45) is 10.6. The second-order valence-corrected chi connectivity index (χ2v) is 17.4. The molecule has 9 heteroatoms. The standard InChI is InChI=1S/C27H38N4O4Si/c1-27(2,3)31(26(32)33)20-9-7-8-19(14-20)21-10-11-29-25-24(21)22(23-15-28-17-35-23)16-30(25)18-34-12-13-36(4,5)6/h8,10-11,15-17,20H,7,9,12-14,18H2,1-6H3,(H,32,33). The molecule has 1 aliphatic carbocycles. The van der Waals surface area contributed by atoms with E-state index in [0.717, 1.165) is 53.2 Å². The van der Waals surface area contributed by atoms with Gasteiger partial charge in [-0.25, -0.2) is 14.8 Å². The largest absolute Gasteiger partial charge is 0.465 e. The van der Waals surface area contributed by atoms with Crippen molar-refractivity contribution in [3.63, 3.8) is 0 Å². The summed E-state index contributed by atoms with van der Waals surface area (Å²) in [7, 11) is -1.18. The smallest absolute Gasteiger partial charge is 0.407 e. The number of oxazole rings is 1. The molecule has 0 bridgehead atoms. The Morgan fingerprint density at radius 2 is 2.08 bits per heavy atom. The molecule has 0 fully saturated rings. The molecule has 1 amide bonds. The highest BCUT2D eigenvalue weighted by Gasteiger charge is 2.35. The molecule has 1 aliphatic rings. The van der Waals surface area contributed by atoms with Gasteiger partial charge in [0.1, 0.15) is 12.4 Å². The van der Waals surface area contributed by atoms with Crippen molar-refractivity contribution in [2.24, 2.45) is 0 Å². The SMILES string of the molecule is CC(C)(C)N(C(=O)O)C1CCC=C(c2ccnc3c2c(-c2cnco2)cn3COCC[Si](C)(C)C)C1. The molecule has 3 aromatic heterocycles. The van der Waals surface area contributed by atoms with E-state index in [4.69, 9.17) is 14.1 Å². The topological polar surface area (TPSA) is 93.6 Å². The molecule has 0 aliphatic heterocycles. The lowest BCUT2D eigenvalue weighted by molar-refractivity contribution is 0.0679. The van der Waals surface area contributed by atoms with Crippen LogP contribution in [0.3, 0.4) is 0 Å². The highest BCUT2D eigenvalue weighted by molar-refractivity contribution is 6.76. The zero-order chi connectivity index (χ0) is 26.1. The summed E-state index contributed by atoms with van der Waals surface area (Å²) in [5.41, 5.74) is 3.44. The van der Waals surface area contributed by atoms with Crippen molar-refractivity contribution in [2.75, 3.05) is 6.61 Å². The second-order valence-electron chi connectivity index (χ2n) is 11.8. The molecule has 3 heterocycles. The highest BCUT2D eigenvalue weighted by atomic mass is 28.3. The zero-order valence-electron chi connectivity index (χ0n) is 22.2. The van der Waals surface area contributed by atoms with Gasteiger partial charge in [0.05, 0.1) is 6.20 Å². The van der Waals surface area contributed by atoms with Crippen LogP contribution in [0.2, 0.25) is 25.7 Å². The van der Waals surface area contributed by atoms with Crippen molar-refractivity contribution < 1.29 is 19.1 Å². The van der Waals surface area contributed by atoms with Crippen LogP contribution in [0.15, 0.2) is 41.5 Å². The van der Waals surface area contributed by atoms with Gasteiger partial charge in [0.15, 0.2) is 12.2 Å². The average Bonchev–Trinajstić information content (AvgIpc) is 3.43. The third-order valence-electron chi connectivity index (χ3n) is 6.67. The van der Waals surface area contributed by atoms with Gasteiger partial charge in [-0.15, -0.1) is 0 Å². The summed E-state index contributed by atoms with van der Waals surface area (Å²) in [6, 6.07) is 3.03. The number of fused-ring (bicyclic) bond motifs is 1.